The monoisotopic (exact) mass is 844 g/mol. The molecule has 0 saturated heterocycles. The number of aromatic nitrogens is 8. The molecule has 300 valence electrons. The molecule has 1 unspecified atom stereocenters. The van der Waals surface area contributed by atoms with Gasteiger partial charge in [0.15, 0.2) is 17.2 Å². The smallest absolute Gasteiger partial charge is 0.346 e. The molecule has 7 aromatic rings. The van der Waals surface area contributed by atoms with Crippen LogP contribution < -0.4 is 10.0 Å². The highest BCUT2D eigenvalue weighted by molar-refractivity contribution is 7.92. The maximum absolute atomic E-state index is 15.4. The van der Waals surface area contributed by atoms with Gasteiger partial charge in [0.25, 0.3) is 5.92 Å². The normalized spacial score (nSPS) is 17.7. The van der Waals surface area contributed by atoms with Crippen LogP contribution in [0.5, 0.6) is 0 Å². The van der Waals surface area contributed by atoms with Gasteiger partial charge >= 0.3 is 6.18 Å². The van der Waals surface area contributed by atoms with Crippen molar-refractivity contribution in [3.05, 3.63) is 94.7 Å². The van der Waals surface area contributed by atoms with Crippen LogP contribution in [0.3, 0.4) is 0 Å². The van der Waals surface area contributed by atoms with Gasteiger partial charge in [-0.25, -0.2) is 27.2 Å². The Hall–Kier alpha value is -5.90. The topological polar surface area (TPSA) is 165 Å². The molecule has 2 aliphatic carbocycles. The Morgan fingerprint density at radius 2 is 1.84 bits per heavy atom. The standard InChI is InChI=1S/C36H27F7N10O3S2/c1-52-29-19(4-3-5-20(29)32(50-52)51-58(2,55)56)21-11-25-33(48-34(57-25)16-12-44-45-13-16)47-28(21)24(8-15-6-17(37)9-18(38)7-15)46-26(54)14-53-31-27(30(49-53)36(41,42)43)22-10-23(22)35(31,39)40/h3-7,9,11-13,22-24H,8,10,14H2,1-2H3,(H,44,45)(H,46,54)(H,50,51)/t22-,23+,24?/m0/s1. The summed E-state index contributed by atoms with van der Waals surface area (Å²) < 4.78 is 132. The molecule has 2 aliphatic rings. The number of carbonyl (C=O) groups excluding carboxylic acids is 1. The lowest BCUT2D eigenvalue weighted by Crippen LogP contribution is -2.35. The number of anilines is 1. The molecule has 9 rings (SSSR count). The molecule has 13 nitrogen and oxygen atoms in total. The summed E-state index contributed by atoms with van der Waals surface area (Å²) in [6.45, 7) is -1.06. The number of thiazole rings is 1. The van der Waals surface area contributed by atoms with E-state index >= 15 is 8.78 Å². The molecule has 1 saturated carbocycles. The summed E-state index contributed by atoms with van der Waals surface area (Å²) in [5, 5.41) is 18.1. The lowest BCUT2D eigenvalue weighted by molar-refractivity contribution is -0.142. The van der Waals surface area contributed by atoms with E-state index in [2.05, 4.69) is 35.4 Å². The number of H-pyrrole nitrogens is 1. The number of hydrogen-bond donors (Lipinski definition) is 3. The van der Waals surface area contributed by atoms with E-state index < -0.39 is 81.0 Å². The first kappa shape index (κ1) is 37.7. The van der Waals surface area contributed by atoms with Gasteiger partial charge in [0.05, 0.1) is 34.4 Å². The van der Waals surface area contributed by atoms with E-state index in [1.807, 2.05) is 0 Å². The number of benzene rings is 2. The molecule has 1 amide bonds. The van der Waals surface area contributed by atoms with E-state index in [1.54, 1.807) is 37.5 Å². The number of aryl methyl sites for hydroxylation is 1. The SMILES string of the molecule is Cn1nc(NS(C)(=O)=O)c2cccc(-c3cc4sc(-c5cn[nH]c5)nc4nc3C(Cc3cc(F)cc(F)c3)NC(=O)Cn3nc(C(F)(F)F)c4c3C(F)(F)[C@@H]3C[C@H]43)c21. The van der Waals surface area contributed by atoms with Gasteiger partial charge in [0.2, 0.25) is 15.9 Å². The van der Waals surface area contributed by atoms with Gasteiger partial charge in [-0.15, -0.1) is 11.3 Å². The zero-order valence-corrected chi connectivity index (χ0v) is 31.5. The fourth-order valence-electron chi connectivity index (χ4n) is 7.80. The van der Waals surface area contributed by atoms with Gasteiger partial charge < -0.3 is 5.32 Å². The summed E-state index contributed by atoms with van der Waals surface area (Å²) in [7, 11) is -2.21. The predicted octanol–water partition coefficient (Wildman–Crippen LogP) is 6.81. The Labute approximate surface area is 326 Å². The average Bonchev–Trinajstić information content (AvgIpc) is 3.54. The number of amides is 1. The highest BCUT2D eigenvalue weighted by atomic mass is 32.2. The van der Waals surface area contributed by atoms with Gasteiger partial charge in [-0.05, 0) is 48.6 Å². The molecule has 0 radical (unpaired) electrons. The van der Waals surface area contributed by atoms with Crippen LogP contribution in [0.2, 0.25) is 0 Å². The van der Waals surface area contributed by atoms with Crippen molar-refractivity contribution in [1.29, 1.82) is 0 Å². The summed E-state index contributed by atoms with van der Waals surface area (Å²) in [6, 6.07) is 8.00. The highest BCUT2D eigenvalue weighted by Crippen LogP contribution is 2.68. The van der Waals surface area contributed by atoms with Crippen LogP contribution in [0, 0.1) is 17.6 Å². The molecule has 0 aliphatic heterocycles. The molecule has 3 N–H and O–H groups in total. The molecule has 2 aromatic carbocycles. The van der Waals surface area contributed by atoms with Crippen molar-refractivity contribution >= 4 is 54.3 Å². The number of aromatic amines is 1. The summed E-state index contributed by atoms with van der Waals surface area (Å²) in [4.78, 5) is 23.5. The van der Waals surface area contributed by atoms with Crippen molar-refractivity contribution in [2.45, 2.75) is 43.4 Å². The summed E-state index contributed by atoms with van der Waals surface area (Å²) in [5.41, 5.74) is -1.03. The van der Waals surface area contributed by atoms with Crippen LogP contribution in [0.15, 0.2) is 54.9 Å². The number of halogens is 7. The quantitative estimate of drug-likeness (QED) is 0.126. The van der Waals surface area contributed by atoms with Gasteiger partial charge in [0, 0.05) is 52.9 Å². The van der Waals surface area contributed by atoms with E-state index in [1.165, 1.54) is 22.2 Å². The van der Waals surface area contributed by atoms with E-state index in [0.29, 0.717) is 48.0 Å². The molecule has 22 heteroatoms. The van der Waals surface area contributed by atoms with Crippen molar-refractivity contribution in [1.82, 2.24) is 45.0 Å². The Balaban J connectivity index is 1.21. The maximum Gasteiger partial charge on any atom is 0.435 e. The number of carbonyl (C=O) groups is 1. The molecule has 3 atom stereocenters. The number of hydrogen-bond acceptors (Lipinski definition) is 9. The number of alkyl halides is 5. The third-order valence-corrected chi connectivity index (χ3v) is 11.7. The Kier molecular flexibility index (Phi) is 8.48. The fraction of sp³-hybridized carbons (Fsp3) is 0.278. The maximum atomic E-state index is 15.4. The number of nitrogens with zero attached hydrogens (tertiary/aromatic N) is 7. The highest BCUT2D eigenvalue weighted by Gasteiger charge is 2.68. The number of para-hydroxylation sites is 1. The molecule has 58 heavy (non-hydrogen) atoms. The molecule has 0 spiro atoms. The largest absolute Gasteiger partial charge is 0.435 e. The second kappa shape index (κ2) is 13.1. The second-order valence-electron chi connectivity index (χ2n) is 14.2. The van der Waals surface area contributed by atoms with Crippen molar-refractivity contribution in [3.63, 3.8) is 0 Å². The molecule has 5 aromatic heterocycles. The number of nitrogens with one attached hydrogen (secondary N) is 3. The molecular weight excluding hydrogens is 818 g/mol. The minimum atomic E-state index is -5.07. The van der Waals surface area contributed by atoms with Crippen molar-refractivity contribution in [2.75, 3.05) is 11.0 Å². The van der Waals surface area contributed by atoms with Crippen LogP contribution >= 0.6 is 11.3 Å². The van der Waals surface area contributed by atoms with Crippen LogP contribution in [0.1, 0.15) is 46.6 Å². The first-order valence-electron chi connectivity index (χ1n) is 17.4. The molecule has 0 bridgehead atoms. The predicted molar refractivity (Wildman–Crippen MR) is 196 cm³/mol. The van der Waals surface area contributed by atoms with Crippen LogP contribution in [-0.4, -0.2) is 60.3 Å². The first-order valence-corrected chi connectivity index (χ1v) is 20.1. The van der Waals surface area contributed by atoms with Crippen LogP contribution in [0.25, 0.3) is 42.9 Å². The molecular formula is C36H27F7N10O3S2. The van der Waals surface area contributed by atoms with Gasteiger partial charge in [0.1, 0.15) is 28.9 Å². The van der Waals surface area contributed by atoms with Gasteiger partial charge in [-0.2, -0.15) is 37.2 Å². The summed E-state index contributed by atoms with van der Waals surface area (Å²) in [6.07, 6.45) is -1.45. The number of sulfonamides is 1. The Bertz CT molecular complexity index is 2900. The number of pyridine rings is 1. The van der Waals surface area contributed by atoms with Crippen LogP contribution in [-0.2, 0) is 46.9 Å². The number of fused-ring (bicyclic) bond motifs is 5. The van der Waals surface area contributed by atoms with E-state index in [-0.39, 0.29) is 35.6 Å². The van der Waals surface area contributed by atoms with Crippen molar-refractivity contribution in [2.24, 2.45) is 13.0 Å². The minimum absolute atomic E-state index is 0.0111. The minimum Gasteiger partial charge on any atom is -0.346 e. The Morgan fingerprint density at radius 3 is 2.53 bits per heavy atom. The van der Waals surface area contributed by atoms with Crippen molar-refractivity contribution in [3.8, 4) is 21.7 Å². The molecule has 5 heterocycles. The van der Waals surface area contributed by atoms with E-state index in [4.69, 9.17) is 4.98 Å². The van der Waals surface area contributed by atoms with E-state index in [0.717, 1.165) is 18.4 Å². The third kappa shape index (κ3) is 6.52. The lowest BCUT2D eigenvalue weighted by atomic mass is 9.94. The average molecular weight is 845 g/mol. The molecule has 1 fully saturated rings. The summed E-state index contributed by atoms with van der Waals surface area (Å²) >= 11 is 1.24. The zero-order chi connectivity index (χ0) is 41.1. The first-order chi connectivity index (χ1) is 27.4. The third-order valence-electron chi connectivity index (χ3n) is 10.1. The zero-order valence-electron chi connectivity index (χ0n) is 29.9. The van der Waals surface area contributed by atoms with E-state index in [9.17, 15) is 35.2 Å². The van der Waals surface area contributed by atoms with Gasteiger partial charge in [-0.1, -0.05) is 12.1 Å². The Morgan fingerprint density at radius 1 is 1.09 bits per heavy atom. The van der Waals surface area contributed by atoms with Gasteiger partial charge in [-0.3, -0.25) is 24.0 Å². The number of rotatable bonds is 10. The lowest BCUT2D eigenvalue weighted by Gasteiger charge is -2.23. The fourth-order valence-corrected chi connectivity index (χ4v) is 9.24. The second-order valence-corrected chi connectivity index (χ2v) is 17.0. The van der Waals surface area contributed by atoms with Crippen LogP contribution in [0.4, 0.5) is 36.6 Å². The van der Waals surface area contributed by atoms with Crippen molar-refractivity contribution < 1.29 is 43.9 Å². The summed E-state index contributed by atoms with van der Waals surface area (Å²) in [5.74, 6) is -8.97.